The van der Waals surface area contributed by atoms with Crippen LogP contribution in [0.1, 0.15) is 34.0 Å². The maximum Gasteiger partial charge on any atom is 0.251 e. The molecule has 0 saturated carbocycles. The lowest BCUT2D eigenvalue weighted by molar-refractivity contribution is 0.0951. The summed E-state index contributed by atoms with van der Waals surface area (Å²) >= 11 is 7.89. The molecule has 1 aliphatic heterocycles. The molecule has 0 radical (unpaired) electrons. The topological polar surface area (TPSA) is 41.1 Å². The minimum atomic E-state index is -0.126. The minimum absolute atomic E-state index is 0.126. The highest BCUT2D eigenvalue weighted by atomic mass is 35.5. The summed E-state index contributed by atoms with van der Waals surface area (Å²) in [6.45, 7) is 4.50. The van der Waals surface area contributed by atoms with E-state index in [2.05, 4.69) is 41.8 Å². The lowest BCUT2D eigenvalue weighted by Crippen LogP contribution is -2.23. The third-order valence-electron chi connectivity index (χ3n) is 4.84. The van der Waals surface area contributed by atoms with E-state index in [4.69, 9.17) is 11.6 Å². The summed E-state index contributed by atoms with van der Waals surface area (Å²) in [6.07, 6.45) is 2.07. The molecule has 0 aromatic heterocycles. The summed E-state index contributed by atoms with van der Waals surface area (Å²) in [7, 11) is 0. The van der Waals surface area contributed by atoms with Crippen molar-refractivity contribution in [3.8, 4) is 0 Å². The van der Waals surface area contributed by atoms with Crippen LogP contribution in [0.2, 0.25) is 5.02 Å². The van der Waals surface area contributed by atoms with Crippen molar-refractivity contribution in [2.75, 3.05) is 5.32 Å². The number of hydrogen-bond donors (Lipinski definition) is 2. The molecule has 0 saturated heterocycles. The molecule has 4 rings (SSSR count). The summed E-state index contributed by atoms with van der Waals surface area (Å²) in [5.74, 6) is -0.126. The van der Waals surface area contributed by atoms with Gasteiger partial charge in [0, 0.05) is 38.2 Å². The van der Waals surface area contributed by atoms with Crippen LogP contribution in [0.5, 0.6) is 0 Å². The van der Waals surface area contributed by atoms with E-state index in [9.17, 15) is 4.79 Å². The summed E-state index contributed by atoms with van der Waals surface area (Å²) in [5.41, 5.74) is 5.88. The summed E-state index contributed by atoms with van der Waals surface area (Å²) in [6, 6.07) is 19.8. The molecule has 146 valence electrons. The van der Waals surface area contributed by atoms with E-state index in [1.165, 1.54) is 16.0 Å². The van der Waals surface area contributed by atoms with Gasteiger partial charge in [0.15, 0.2) is 0 Å². The Morgan fingerprint density at radius 2 is 1.90 bits per heavy atom. The van der Waals surface area contributed by atoms with Crippen molar-refractivity contribution in [3.63, 3.8) is 0 Å². The number of nitrogens with one attached hydrogen (secondary N) is 2. The minimum Gasteiger partial charge on any atom is -0.354 e. The number of rotatable bonds is 3. The molecule has 3 aromatic carbocycles. The van der Waals surface area contributed by atoms with E-state index in [1.807, 2.05) is 49.4 Å². The van der Waals surface area contributed by atoms with Gasteiger partial charge in [-0.3, -0.25) is 4.79 Å². The fourth-order valence-electron chi connectivity index (χ4n) is 3.28. The van der Waals surface area contributed by atoms with Crippen molar-refractivity contribution in [2.45, 2.75) is 30.2 Å². The summed E-state index contributed by atoms with van der Waals surface area (Å²) in [4.78, 5) is 15.0. The predicted octanol–water partition coefficient (Wildman–Crippen LogP) is 6.52. The molecule has 0 fully saturated rings. The van der Waals surface area contributed by atoms with Crippen molar-refractivity contribution in [2.24, 2.45) is 0 Å². The van der Waals surface area contributed by atoms with Crippen LogP contribution >= 0.6 is 23.4 Å². The number of anilines is 1. The first-order chi connectivity index (χ1) is 14.0. The van der Waals surface area contributed by atoms with Crippen LogP contribution in [0.4, 0.5) is 5.69 Å². The molecule has 5 heteroatoms. The van der Waals surface area contributed by atoms with Gasteiger partial charge < -0.3 is 10.6 Å². The molecule has 0 aliphatic carbocycles. The average Bonchev–Trinajstić information content (AvgIpc) is 2.88. The van der Waals surface area contributed by atoms with Gasteiger partial charge in [0.1, 0.15) is 0 Å². The number of benzene rings is 3. The monoisotopic (exact) mass is 420 g/mol. The van der Waals surface area contributed by atoms with Gasteiger partial charge in [-0.1, -0.05) is 59.3 Å². The number of halogens is 1. The first kappa shape index (κ1) is 19.6. The third-order valence-corrected chi connectivity index (χ3v) is 6.36. The van der Waals surface area contributed by atoms with Crippen LogP contribution in [-0.2, 0) is 6.54 Å². The molecule has 1 heterocycles. The Morgan fingerprint density at radius 1 is 1.10 bits per heavy atom. The van der Waals surface area contributed by atoms with Crippen molar-refractivity contribution in [3.05, 3.63) is 94.0 Å². The zero-order valence-corrected chi connectivity index (χ0v) is 17.8. The second kappa shape index (κ2) is 8.36. The van der Waals surface area contributed by atoms with Crippen molar-refractivity contribution >= 4 is 40.7 Å². The normalized spacial score (nSPS) is 13.8. The van der Waals surface area contributed by atoms with E-state index < -0.39 is 0 Å². The standard InChI is InChI=1S/C24H21ClN2OS/c1-3-20-18-12-15(2)8-10-22(18)29-23-11-9-16(13-21(23)27-20)24(28)26-14-17-6-4-5-7-19(17)25/h3-13,27H,14H2,1-2H3,(H,26,28). The Hall–Kier alpha value is -2.69. The maximum absolute atomic E-state index is 12.7. The Balaban J connectivity index is 1.58. The summed E-state index contributed by atoms with van der Waals surface area (Å²) in [5, 5.41) is 7.12. The molecule has 0 bridgehead atoms. The maximum atomic E-state index is 12.7. The fourth-order valence-corrected chi connectivity index (χ4v) is 4.49. The second-order valence-electron chi connectivity index (χ2n) is 6.91. The highest BCUT2D eigenvalue weighted by molar-refractivity contribution is 7.99. The quantitative estimate of drug-likeness (QED) is 0.507. The summed E-state index contributed by atoms with van der Waals surface area (Å²) < 4.78 is 0. The van der Waals surface area contributed by atoms with Gasteiger partial charge in [-0.25, -0.2) is 0 Å². The van der Waals surface area contributed by atoms with Gasteiger partial charge in [-0.2, -0.15) is 0 Å². The van der Waals surface area contributed by atoms with Gasteiger partial charge in [0.2, 0.25) is 0 Å². The number of carbonyl (C=O) groups excluding carboxylic acids is 1. The third kappa shape index (κ3) is 4.19. The molecular formula is C24H21ClN2OS. The number of amides is 1. The number of fused-ring (bicyclic) bond motifs is 2. The largest absolute Gasteiger partial charge is 0.354 e. The van der Waals surface area contributed by atoms with E-state index in [0.29, 0.717) is 17.1 Å². The molecule has 0 unspecified atom stereocenters. The fraction of sp³-hybridized carbons (Fsp3) is 0.125. The molecular weight excluding hydrogens is 400 g/mol. The number of carbonyl (C=O) groups is 1. The Bertz CT molecular complexity index is 1120. The molecule has 1 aliphatic rings. The van der Waals surface area contributed by atoms with Crippen molar-refractivity contribution in [1.82, 2.24) is 5.32 Å². The van der Waals surface area contributed by atoms with Crippen LogP contribution in [0, 0.1) is 6.92 Å². The zero-order valence-electron chi connectivity index (χ0n) is 16.3. The zero-order chi connectivity index (χ0) is 20.4. The molecule has 1 amide bonds. The molecule has 2 N–H and O–H groups in total. The van der Waals surface area contributed by atoms with Gasteiger partial charge in [-0.05, 0) is 55.8 Å². The van der Waals surface area contributed by atoms with Gasteiger partial charge in [0.05, 0.1) is 5.69 Å². The van der Waals surface area contributed by atoms with Crippen molar-refractivity contribution in [1.29, 1.82) is 0 Å². The first-order valence-electron chi connectivity index (χ1n) is 9.43. The van der Waals surface area contributed by atoms with Gasteiger partial charge >= 0.3 is 0 Å². The van der Waals surface area contributed by atoms with E-state index >= 15 is 0 Å². The Kier molecular flexibility index (Phi) is 5.65. The van der Waals surface area contributed by atoms with Crippen LogP contribution in [0.25, 0.3) is 5.70 Å². The number of allylic oxidation sites excluding steroid dienone is 1. The highest BCUT2D eigenvalue weighted by Crippen LogP contribution is 2.42. The van der Waals surface area contributed by atoms with Crippen LogP contribution in [0.3, 0.4) is 0 Å². The Morgan fingerprint density at radius 3 is 2.69 bits per heavy atom. The Labute approximate surface area is 180 Å². The first-order valence-corrected chi connectivity index (χ1v) is 10.6. The molecule has 29 heavy (non-hydrogen) atoms. The van der Waals surface area contributed by atoms with Crippen molar-refractivity contribution < 1.29 is 4.79 Å². The SMILES string of the molecule is CC=C1Nc2cc(C(=O)NCc3ccccc3Cl)ccc2Sc2ccc(C)cc21. The van der Waals surface area contributed by atoms with E-state index in [-0.39, 0.29) is 5.91 Å². The van der Waals surface area contributed by atoms with Crippen LogP contribution in [-0.4, -0.2) is 5.91 Å². The lowest BCUT2D eigenvalue weighted by atomic mass is 10.1. The second-order valence-corrected chi connectivity index (χ2v) is 8.41. The van der Waals surface area contributed by atoms with Crippen LogP contribution < -0.4 is 10.6 Å². The van der Waals surface area contributed by atoms with Gasteiger partial charge in [0.25, 0.3) is 5.91 Å². The average molecular weight is 421 g/mol. The van der Waals surface area contributed by atoms with E-state index in [0.717, 1.165) is 21.8 Å². The number of hydrogen-bond acceptors (Lipinski definition) is 3. The smallest absolute Gasteiger partial charge is 0.251 e. The predicted molar refractivity (Wildman–Crippen MR) is 122 cm³/mol. The number of aryl methyl sites for hydroxylation is 1. The molecule has 3 aromatic rings. The lowest BCUT2D eigenvalue weighted by Gasteiger charge is -2.12. The molecule has 0 spiro atoms. The molecule has 0 atom stereocenters. The highest BCUT2D eigenvalue weighted by Gasteiger charge is 2.19. The molecule has 3 nitrogen and oxygen atoms in total. The van der Waals surface area contributed by atoms with Gasteiger partial charge in [-0.15, -0.1) is 0 Å². The van der Waals surface area contributed by atoms with Crippen LogP contribution in [0.15, 0.2) is 76.5 Å². The van der Waals surface area contributed by atoms with E-state index in [1.54, 1.807) is 11.8 Å².